The van der Waals surface area contributed by atoms with Gasteiger partial charge in [-0.3, -0.25) is 9.98 Å². The zero-order valence-corrected chi connectivity index (χ0v) is 11.5. The quantitative estimate of drug-likeness (QED) is 0.603. The lowest BCUT2D eigenvalue weighted by Crippen LogP contribution is -1.80. The molecule has 18 heavy (non-hydrogen) atoms. The van der Waals surface area contributed by atoms with Crippen LogP contribution in [0.3, 0.4) is 0 Å². The van der Waals surface area contributed by atoms with Crippen molar-refractivity contribution in [3.63, 3.8) is 0 Å². The summed E-state index contributed by atoms with van der Waals surface area (Å²) >= 11 is 8.70. The van der Waals surface area contributed by atoms with Crippen LogP contribution in [0.1, 0.15) is 0 Å². The topological polar surface area (TPSA) is 24.7 Å². The van der Waals surface area contributed by atoms with Crippen molar-refractivity contribution in [1.82, 2.24) is 0 Å². The molecule has 0 aliphatic rings. The molecule has 0 bridgehead atoms. The minimum atomic E-state index is 0.766. The van der Waals surface area contributed by atoms with Crippen LogP contribution >= 0.6 is 25.3 Å². The fourth-order valence-corrected chi connectivity index (χ4v) is 2.16. The van der Waals surface area contributed by atoms with E-state index in [9.17, 15) is 0 Å². The molecule has 0 aliphatic carbocycles. The van der Waals surface area contributed by atoms with Gasteiger partial charge in [0.2, 0.25) is 0 Å². The van der Waals surface area contributed by atoms with Gasteiger partial charge in [0, 0.05) is 9.79 Å². The van der Waals surface area contributed by atoms with E-state index < -0.39 is 0 Å². The van der Waals surface area contributed by atoms with Gasteiger partial charge in [0.25, 0.3) is 0 Å². The highest BCUT2D eigenvalue weighted by atomic mass is 32.1. The Morgan fingerprint density at radius 2 is 1.33 bits per heavy atom. The summed E-state index contributed by atoms with van der Waals surface area (Å²) in [6.45, 7) is 7.04. The van der Waals surface area contributed by atoms with Crippen LogP contribution in [0.15, 0.2) is 56.2 Å². The molecule has 4 heteroatoms. The Labute approximate surface area is 117 Å². The Morgan fingerprint density at radius 1 is 0.722 bits per heavy atom. The van der Waals surface area contributed by atoms with Crippen molar-refractivity contribution >= 4 is 50.1 Å². The molecule has 0 aromatic heterocycles. The highest BCUT2D eigenvalue weighted by Gasteiger charge is 2.04. The van der Waals surface area contributed by atoms with Crippen LogP contribution in [0.2, 0.25) is 0 Å². The number of aliphatic imine (C=N–C) groups is 2. The van der Waals surface area contributed by atoms with Crippen LogP contribution in [0.5, 0.6) is 0 Å². The molecular weight excluding hydrogens is 260 g/mol. The molecule has 2 nitrogen and oxygen atoms in total. The Morgan fingerprint density at radius 3 is 1.94 bits per heavy atom. The summed E-state index contributed by atoms with van der Waals surface area (Å²) in [7, 11) is 0. The maximum atomic E-state index is 4.38. The number of hydrogen-bond acceptors (Lipinski definition) is 4. The first kappa shape index (κ1) is 12.9. The van der Waals surface area contributed by atoms with Gasteiger partial charge in [0.1, 0.15) is 0 Å². The van der Waals surface area contributed by atoms with Crippen molar-refractivity contribution in [1.29, 1.82) is 0 Å². The molecule has 2 rings (SSSR count). The van der Waals surface area contributed by atoms with Crippen molar-refractivity contribution in [2.45, 2.75) is 9.79 Å². The normalized spacial score (nSPS) is 10.1. The molecule has 0 spiro atoms. The van der Waals surface area contributed by atoms with Crippen LogP contribution in [0, 0.1) is 0 Å². The van der Waals surface area contributed by atoms with Crippen LogP contribution in [0.25, 0.3) is 11.1 Å². The van der Waals surface area contributed by atoms with Crippen molar-refractivity contribution in [2.75, 3.05) is 0 Å². The Kier molecular flexibility index (Phi) is 3.89. The minimum Gasteiger partial charge on any atom is -0.264 e. The highest BCUT2D eigenvalue weighted by molar-refractivity contribution is 7.80. The molecule has 0 heterocycles. The van der Waals surface area contributed by atoms with E-state index in [-0.39, 0.29) is 0 Å². The summed E-state index contributed by atoms with van der Waals surface area (Å²) in [6.07, 6.45) is 0. The van der Waals surface area contributed by atoms with Crippen LogP contribution in [-0.4, -0.2) is 13.4 Å². The van der Waals surface area contributed by atoms with Crippen LogP contribution in [0.4, 0.5) is 11.4 Å². The molecule has 0 atom stereocenters. The molecule has 0 unspecified atom stereocenters. The molecule has 0 aliphatic heterocycles. The number of hydrogen-bond donors (Lipinski definition) is 2. The maximum Gasteiger partial charge on any atom is 0.0761 e. The first-order chi connectivity index (χ1) is 8.65. The largest absolute Gasteiger partial charge is 0.264 e. The van der Waals surface area contributed by atoms with Gasteiger partial charge >= 0.3 is 0 Å². The third kappa shape index (κ3) is 2.49. The van der Waals surface area contributed by atoms with E-state index in [4.69, 9.17) is 0 Å². The summed E-state index contributed by atoms with van der Waals surface area (Å²) < 4.78 is 0. The first-order valence-electron chi connectivity index (χ1n) is 5.25. The molecule has 2 aromatic carbocycles. The van der Waals surface area contributed by atoms with E-state index in [1.165, 1.54) is 0 Å². The van der Waals surface area contributed by atoms with Crippen molar-refractivity contribution in [3.05, 3.63) is 36.4 Å². The Bertz CT molecular complexity index is 621. The van der Waals surface area contributed by atoms with Gasteiger partial charge in [-0.1, -0.05) is 12.1 Å². The zero-order valence-electron chi connectivity index (χ0n) is 9.67. The van der Waals surface area contributed by atoms with Gasteiger partial charge in [0.05, 0.1) is 11.4 Å². The van der Waals surface area contributed by atoms with Gasteiger partial charge in [-0.15, -0.1) is 25.3 Å². The summed E-state index contributed by atoms with van der Waals surface area (Å²) in [4.78, 5) is 9.43. The standard InChI is InChI=1S/C14H12N2S2/c1-15-11-5-3-10(8-14(11)18)9-4-6-13(17)12(7-9)16-2/h3-8,17-18H,1-2H2. The van der Waals surface area contributed by atoms with Crippen molar-refractivity contribution in [2.24, 2.45) is 9.98 Å². The smallest absolute Gasteiger partial charge is 0.0761 e. The molecule has 0 N–H and O–H groups in total. The summed E-state index contributed by atoms with van der Waals surface area (Å²) in [5, 5.41) is 0. The first-order valence-corrected chi connectivity index (χ1v) is 6.15. The third-order valence-electron chi connectivity index (χ3n) is 2.62. The van der Waals surface area contributed by atoms with E-state index in [1.807, 2.05) is 36.4 Å². The van der Waals surface area contributed by atoms with Gasteiger partial charge in [-0.2, -0.15) is 0 Å². The Hall–Kier alpha value is -1.52. The number of nitrogens with zero attached hydrogens (tertiary/aromatic N) is 2. The Balaban J connectivity index is 2.51. The van der Waals surface area contributed by atoms with E-state index in [2.05, 4.69) is 48.7 Å². The van der Waals surface area contributed by atoms with Gasteiger partial charge < -0.3 is 0 Å². The molecule has 0 saturated carbocycles. The monoisotopic (exact) mass is 272 g/mol. The maximum absolute atomic E-state index is 4.38. The van der Waals surface area contributed by atoms with Gasteiger partial charge in [0.15, 0.2) is 0 Å². The van der Waals surface area contributed by atoms with Crippen molar-refractivity contribution < 1.29 is 0 Å². The number of thiol groups is 2. The summed E-state index contributed by atoms with van der Waals surface area (Å²) in [5.74, 6) is 0. The summed E-state index contributed by atoms with van der Waals surface area (Å²) in [5.41, 5.74) is 3.63. The molecular formula is C14H12N2S2. The predicted molar refractivity (Wildman–Crippen MR) is 84.8 cm³/mol. The fraction of sp³-hybridized carbons (Fsp3) is 0. The lowest BCUT2D eigenvalue weighted by atomic mass is 10.0. The SMILES string of the molecule is C=Nc1ccc(-c2ccc(S)c(N=C)c2)cc1S. The minimum absolute atomic E-state index is 0.766. The third-order valence-corrected chi connectivity index (χ3v) is 3.36. The van der Waals surface area contributed by atoms with Gasteiger partial charge in [-0.25, -0.2) is 0 Å². The van der Waals surface area contributed by atoms with E-state index >= 15 is 0 Å². The van der Waals surface area contributed by atoms with E-state index in [0.717, 1.165) is 32.3 Å². The number of benzene rings is 2. The highest BCUT2D eigenvalue weighted by Crippen LogP contribution is 2.32. The van der Waals surface area contributed by atoms with Crippen molar-refractivity contribution in [3.8, 4) is 11.1 Å². The summed E-state index contributed by atoms with van der Waals surface area (Å²) in [6, 6.07) is 11.7. The fourth-order valence-electron chi connectivity index (χ4n) is 1.67. The second-order valence-corrected chi connectivity index (χ2v) is 4.69. The molecule has 0 radical (unpaired) electrons. The lowest BCUT2D eigenvalue weighted by molar-refractivity contribution is 1.37. The van der Waals surface area contributed by atoms with E-state index in [0.29, 0.717) is 0 Å². The second kappa shape index (κ2) is 5.42. The zero-order chi connectivity index (χ0) is 13.1. The van der Waals surface area contributed by atoms with E-state index in [1.54, 1.807) is 0 Å². The van der Waals surface area contributed by atoms with Crippen LogP contribution in [-0.2, 0) is 0 Å². The molecule has 0 amide bonds. The second-order valence-electron chi connectivity index (χ2n) is 3.72. The lowest BCUT2D eigenvalue weighted by Gasteiger charge is -2.07. The average Bonchev–Trinajstić information content (AvgIpc) is 2.39. The molecule has 0 fully saturated rings. The predicted octanol–water partition coefficient (Wildman–Crippen LogP) is 4.60. The molecule has 90 valence electrons. The van der Waals surface area contributed by atoms with Crippen LogP contribution < -0.4 is 0 Å². The molecule has 2 aromatic rings. The average molecular weight is 272 g/mol. The number of rotatable bonds is 3. The van der Waals surface area contributed by atoms with Gasteiger partial charge in [-0.05, 0) is 48.8 Å². The molecule has 0 saturated heterocycles.